The van der Waals surface area contributed by atoms with Gasteiger partial charge in [-0.15, -0.1) is 0 Å². The summed E-state index contributed by atoms with van der Waals surface area (Å²) in [6, 6.07) is 9.70. The number of amides is 1. The largest absolute Gasteiger partial charge is 0.397 e. The Labute approximate surface area is 181 Å². The molecule has 0 atom stereocenters. The maximum Gasteiger partial charge on any atom is 0.275 e. The standard InChI is InChI=1S/C23H27FN6O/c1-23(2,3)30-10-8-29(9-11-30)16-5-7-18-20(13-16)26-14-21(27-18)22(31)28-19-12-15(24)4-6-17(19)25/h4-7,12-14H,8-11,25H2,1-3H3,(H,28,31). The van der Waals surface area contributed by atoms with Crippen LogP contribution >= 0.6 is 0 Å². The lowest BCUT2D eigenvalue weighted by atomic mass is 10.0. The molecule has 2 heterocycles. The lowest BCUT2D eigenvalue weighted by Crippen LogP contribution is -2.53. The van der Waals surface area contributed by atoms with Gasteiger partial charge in [0.2, 0.25) is 0 Å². The number of hydrogen-bond acceptors (Lipinski definition) is 6. The molecule has 0 aliphatic carbocycles. The van der Waals surface area contributed by atoms with Gasteiger partial charge in [-0.3, -0.25) is 14.7 Å². The predicted molar refractivity (Wildman–Crippen MR) is 122 cm³/mol. The lowest BCUT2D eigenvalue weighted by molar-refractivity contribution is 0.102. The number of anilines is 3. The van der Waals surface area contributed by atoms with Crippen LogP contribution in [0.4, 0.5) is 21.5 Å². The highest BCUT2D eigenvalue weighted by molar-refractivity contribution is 6.05. The molecule has 4 rings (SSSR count). The summed E-state index contributed by atoms with van der Waals surface area (Å²) in [6.45, 7) is 10.6. The quantitative estimate of drug-likeness (QED) is 0.628. The van der Waals surface area contributed by atoms with Gasteiger partial charge in [-0.05, 0) is 57.2 Å². The molecule has 0 saturated carbocycles. The maximum atomic E-state index is 13.4. The average Bonchev–Trinajstić information content (AvgIpc) is 2.75. The third-order valence-corrected chi connectivity index (χ3v) is 5.62. The molecule has 1 amide bonds. The van der Waals surface area contributed by atoms with Crippen molar-refractivity contribution in [2.24, 2.45) is 0 Å². The zero-order valence-corrected chi connectivity index (χ0v) is 18.0. The molecule has 8 heteroatoms. The number of nitrogens with one attached hydrogen (secondary N) is 1. The van der Waals surface area contributed by atoms with Gasteiger partial charge in [-0.2, -0.15) is 0 Å². The van der Waals surface area contributed by atoms with Crippen molar-refractivity contribution in [3.63, 3.8) is 0 Å². The summed E-state index contributed by atoms with van der Waals surface area (Å²) in [5.74, 6) is -0.973. The smallest absolute Gasteiger partial charge is 0.275 e. The first-order valence-corrected chi connectivity index (χ1v) is 10.3. The second kappa shape index (κ2) is 8.11. The minimum atomic E-state index is -0.492. The number of rotatable bonds is 3. The Morgan fingerprint density at radius 2 is 1.81 bits per heavy atom. The van der Waals surface area contributed by atoms with E-state index in [9.17, 15) is 9.18 Å². The molecule has 1 aromatic heterocycles. The molecule has 7 nitrogen and oxygen atoms in total. The fourth-order valence-electron chi connectivity index (χ4n) is 3.76. The highest BCUT2D eigenvalue weighted by Crippen LogP contribution is 2.24. The fourth-order valence-corrected chi connectivity index (χ4v) is 3.76. The van der Waals surface area contributed by atoms with Crippen molar-refractivity contribution in [1.82, 2.24) is 14.9 Å². The Hall–Kier alpha value is -3.26. The van der Waals surface area contributed by atoms with Crippen molar-refractivity contribution in [2.75, 3.05) is 42.1 Å². The third kappa shape index (κ3) is 4.59. The second-order valence-corrected chi connectivity index (χ2v) is 8.76. The molecule has 31 heavy (non-hydrogen) atoms. The first-order chi connectivity index (χ1) is 14.7. The number of fused-ring (bicyclic) bond motifs is 1. The minimum Gasteiger partial charge on any atom is -0.397 e. The number of nitrogens with two attached hydrogens (primary N) is 1. The first kappa shape index (κ1) is 21.0. The number of nitrogens with zero attached hydrogens (tertiary/aromatic N) is 4. The Morgan fingerprint density at radius 1 is 1.06 bits per heavy atom. The van der Waals surface area contributed by atoms with Gasteiger partial charge in [0.05, 0.1) is 28.6 Å². The molecule has 0 radical (unpaired) electrons. The normalized spacial score (nSPS) is 15.3. The number of benzene rings is 2. The molecular weight excluding hydrogens is 395 g/mol. The molecule has 0 spiro atoms. The van der Waals surface area contributed by atoms with Crippen LogP contribution in [-0.4, -0.2) is 52.5 Å². The Balaban J connectivity index is 1.49. The van der Waals surface area contributed by atoms with Crippen LogP contribution in [0.5, 0.6) is 0 Å². The summed E-state index contributed by atoms with van der Waals surface area (Å²) in [5, 5.41) is 2.59. The van der Waals surface area contributed by atoms with E-state index >= 15 is 0 Å². The molecule has 1 aliphatic rings. The van der Waals surface area contributed by atoms with Crippen LogP contribution in [0.2, 0.25) is 0 Å². The third-order valence-electron chi connectivity index (χ3n) is 5.62. The van der Waals surface area contributed by atoms with E-state index in [4.69, 9.17) is 5.73 Å². The summed E-state index contributed by atoms with van der Waals surface area (Å²) < 4.78 is 13.4. The molecule has 1 aliphatic heterocycles. The molecule has 3 N–H and O–H groups in total. The van der Waals surface area contributed by atoms with Crippen molar-refractivity contribution in [1.29, 1.82) is 0 Å². The van der Waals surface area contributed by atoms with Crippen molar-refractivity contribution >= 4 is 34.0 Å². The van der Waals surface area contributed by atoms with Crippen LogP contribution in [0.15, 0.2) is 42.6 Å². The van der Waals surface area contributed by atoms with E-state index < -0.39 is 11.7 Å². The zero-order chi connectivity index (χ0) is 22.2. The van der Waals surface area contributed by atoms with E-state index in [1.54, 1.807) is 0 Å². The van der Waals surface area contributed by atoms with Gasteiger partial charge in [-0.25, -0.2) is 9.37 Å². The molecule has 2 aromatic carbocycles. The lowest BCUT2D eigenvalue weighted by Gasteiger charge is -2.43. The van der Waals surface area contributed by atoms with Crippen molar-refractivity contribution in [2.45, 2.75) is 26.3 Å². The minimum absolute atomic E-state index is 0.141. The Bertz CT molecular complexity index is 1120. The fraction of sp³-hybridized carbons (Fsp3) is 0.348. The SMILES string of the molecule is CC(C)(C)N1CCN(c2ccc3nc(C(=O)Nc4cc(F)ccc4N)cnc3c2)CC1. The van der Waals surface area contributed by atoms with E-state index in [1.165, 1.54) is 24.4 Å². The van der Waals surface area contributed by atoms with Crippen molar-refractivity contribution in [3.8, 4) is 0 Å². The van der Waals surface area contributed by atoms with Gasteiger partial charge in [0.25, 0.3) is 5.91 Å². The number of aromatic nitrogens is 2. The van der Waals surface area contributed by atoms with Crippen LogP contribution < -0.4 is 16.0 Å². The predicted octanol–water partition coefficient (Wildman–Crippen LogP) is 3.52. The zero-order valence-electron chi connectivity index (χ0n) is 18.0. The molecule has 1 fully saturated rings. The summed E-state index contributed by atoms with van der Waals surface area (Å²) in [7, 11) is 0. The highest BCUT2D eigenvalue weighted by Gasteiger charge is 2.26. The van der Waals surface area contributed by atoms with Crippen molar-refractivity contribution in [3.05, 3.63) is 54.1 Å². The maximum absolute atomic E-state index is 13.4. The number of carbonyl (C=O) groups excluding carboxylic acids is 1. The van der Waals surface area contributed by atoms with Crippen LogP contribution in [0.1, 0.15) is 31.3 Å². The van der Waals surface area contributed by atoms with E-state index in [0.717, 1.165) is 37.4 Å². The van der Waals surface area contributed by atoms with Gasteiger partial charge in [0, 0.05) is 37.4 Å². The molecular formula is C23H27FN6O. The average molecular weight is 423 g/mol. The van der Waals surface area contributed by atoms with Crippen LogP contribution in [0.25, 0.3) is 11.0 Å². The topological polar surface area (TPSA) is 87.4 Å². The number of hydrogen-bond donors (Lipinski definition) is 2. The molecule has 3 aromatic rings. The van der Waals surface area contributed by atoms with Gasteiger partial charge in [0.1, 0.15) is 11.5 Å². The summed E-state index contributed by atoms with van der Waals surface area (Å²) in [6.07, 6.45) is 1.43. The van der Waals surface area contributed by atoms with Crippen LogP contribution in [0.3, 0.4) is 0 Å². The number of piperazine rings is 1. The van der Waals surface area contributed by atoms with E-state index in [1.807, 2.05) is 18.2 Å². The number of carbonyl (C=O) groups is 1. The van der Waals surface area contributed by atoms with Gasteiger partial charge in [0.15, 0.2) is 0 Å². The summed E-state index contributed by atoms with van der Waals surface area (Å²) in [5.41, 5.74) is 9.04. The molecule has 0 unspecified atom stereocenters. The monoisotopic (exact) mass is 422 g/mol. The number of halogens is 1. The first-order valence-electron chi connectivity index (χ1n) is 10.3. The van der Waals surface area contributed by atoms with Gasteiger partial charge < -0.3 is 16.0 Å². The second-order valence-electron chi connectivity index (χ2n) is 8.76. The molecule has 1 saturated heterocycles. The van der Waals surface area contributed by atoms with E-state index in [2.05, 4.69) is 45.9 Å². The number of nitrogen functional groups attached to an aromatic ring is 1. The highest BCUT2D eigenvalue weighted by atomic mass is 19.1. The van der Waals surface area contributed by atoms with Gasteiger partial charge in [-0.1, -0.05) is 0 Å². The molecule has 0 bridgehead atoms. The van der Waals surface area contributed by atoms with Crippen molar-refractivity contribution < 1.29 is 9.18 Å². The summed E-state index contributed by atoms with van der Waals surface area (Å²) >= 11 is 0. The summed E-state index contributed by atoms with van der Waals surface area (Å²) in [4.78, 5) is 26.2. The van der Waals surface area contributed by atoms with E-state index in [0.29, 0.717) is 5.52 Å². The molecule has 162 valence electrons. The van der Waals surface area contributed by atoms with Crippen LogP contribution in [-0.2, 0) is 0 Å². The van der Waals surface area contributed by atoms with E-state index in [-0.39, 0.29) is 22.6 Å². The van der Waals surface area contributed by atoms with Crippen LogP contribution in [0, 0.1) is 5.82 Å². The Morgan fingerprint density at radius 3 is 2.52 bits per heavy atom. The van der Waals surface area contributed by atoms with Gasteiger partial charge >= 0.3 is 0 Å². The Kier molecular flexibility index (Phi) is 5.49.